The first-order valence-electron chi connectivity index (χ1n) is 4.58. The molecule has 17 heavy (non-hydrogen) atoms. The number of hydrogen-bond donors (Lipinski definition) is 1. The summed E-state index contributed by atoms with van der Waals surface area (Å²) >= 11 is 3.19. The monoisotopic (exact) mass is 302 g/mol. The molecule has 0 atom stereocenters. The lowest BCUT2D eigenvalue weighted by atomic mass is 10.2. The van der Waals surface area contributed by atoms with Crippen LogP contribution in [0.1, 0.15) is 0 Å². The van der Waals surface area contributed by atoms with Gasteiger partial charge in [0.05, 0.1) is 17.6 Å². The average Bonchev–Trinajstić information content (AvgIpc) is 2.26. The van der Waals surface area contributed by atoms with Gasteiger partial charge in [-0.3, -0.25) is 4.98 Å². The number of rotatable bonds is 2. The van der Waals surface area contributed by atoms with Crippen LogP contribution in [0, 0.1) is 17.5 Å². The van der Waals surface area contributed by atoms with Crippen LogP contribution in [0.5, 0.6) is 0 Å². The van der Waals surface area contributed by atoms with Crippen molar-refractivity contribution in [1.29, 1.82) is 0 Å². The highest BCUT2D eigenvalue weighted by atomic mass is 79.9. The molecule has 1 aromatic carbocycles. The van der Waals surface area contributed by atoms with Crippen LogP contribution in [0.4, 0.5) is 24.5 Å². The van der Waals surface area contributed by atoms with Gasteiger partial charge in [-0.25, -0.2) is 13.2 Å². The maximum Gasteiger partial charge on any atom is 0.161 e. The smallest absolute Gasteiger partial charge is 0.161 e. The van der Waals surface area contributed by atoms with E-state index in [-0.39, 0.29) is 5.69 Å². The summed E-state index contributed by atoms with van der Waals surface area (Å²) in [6.07, 6.45) is 2.98. The zero-order valence-electron chi connectivity index (χ0n) is 8.35. The normalized spacial score (nSPS) is 10.4. The van der Waals surface area contributed by atoms with Gasteiger partial charge in [0.2, 0.25) is 0 Å². The molecule has 0 radical (unpaired) electrons. The minimum absolute atomic E-state index is 0.149. The maximum atomic E-state index is 13.3. The second-order valence-electron chi connectivity index (χ2n) is 3.26. The molecule has 2 rings (SSSR count). The minimum atomic E-state index is -1.22. The fourth-order valence-corrected chi connectivity index (χ4v) is 1.62. The molecule has 0 saturated heterocycles. The Labute approximate surface area is 104 Å². The SMILES string of the molecule is Fc1cc(F)c(Nc2cncc(Br)c2)cc1F. The molecular formula is C11H6BrF3N2. The molecular weight excluding hydrogens is 297 g/mol. The summed E-state index contributed by atoms with van der Waals surface area (Å²) < 4.78 is 39.6. The third-order valence-corrected chi connectivity index (χ3v) is 2.43. The molecule has 2 nitrogen and oxygen atoms in total. The van der Waals surface area contributed by atoms with E-state index in [0.29, 0.717) is 16.2 Å². The van der Waals surface area contributed by atoms with Crippen LogP contribution in [-0.2, 0) is 0 Å². The fourth-order valence-electron chi connectivity index (χ4n) is 1.25. The third kappa shape index (κ3) is 2.76. The highest BCUT2D eigenvalue weighted by Crippen LogP contribution is 2.23. The Morgan fingerprint density at radius 1 is 0.941 bits per heavy atom. The molecule has 1 N–H and O–H groups in total. The second kappa shape index (κ2) is 4.75. The van der Waals surface area contributed by atoms with E-state index >= 15 is 0 Å². The van der Waals surface area contributed by atoms with Crippen LogP contribution in [0.3, 0.4) is 0 Å². The standard InChI is InChI=1S/C11H6BrF3N2/c12-6-1-7(5-16-4-6)17-11-3-9(14)8(13)2-10(11)15/h1-5,17H. The first-order chi connectivity index (χ1) is 8.06. The van der Waals surface area contributed by atoms with Crippen molar-refractivity contribution in [2.24, 2.45) is 0 Å². The molecule has 0 aliphatic rings. The van der Waals surface area contributed by atoms with E-state index in [1.54, 1.807) is 12.3 Å². The summed E-state index contributed by atoms with van der Waals surface area (Å²) in [6.45, 7) is 0. The highest BCUT2D eigenvalue weighted by Gasteiger charge is 2.09. The van der Waals surface area contributed by atoms with Crippen molar-refractivity contribution in [2.75, 3.05) is 5.32 Å². The van der Waals surface area contributed by atoms with Crippen molar-refractivity contribution in [1.82, 2.24) is 4.98 Å². The molecule has 0 spiro atoms. The second-order valence-corrected chi connectivity index (χ2v) is 4.18. The first-order valence-corrected chi connectivity index (χ1v) is 5.37. The van der Waals surface area contributed by atoms with Gasteiger partial charge in [-0.1, -0.05) is 0 Å². The molecule has 88 valence electrons. The number of anilines is 2. The molecule has 1 heterocycles. The van der Waals surface area contributed by atoms with Crippen molar-refractivity contribution in [3.63, 3.8) is 0 Å². The minimum Gasteiger partial charge on any atom is -0.352 e. The summed E-state index contributed by atoms with van der Waals surface area (Å²) in [6, 6.07) is 2.88. The zero-order chi connectivity index (χ0) is 12.4. The predicted molar refractivity (Wildman–Crippen MR) is 61.5 cm³/mol. The maximum absolute atomic E-state index is 13.3. The van der Waals surface area contributed by atoms with E-state index in [0.717, 1.165) is 6.07 Å². The Bertz CT molecular complexity index is 560. The third-order valence-electron chi connectivity index (χ3n) is 1.99. The quantitative estimate of drug-likeness (QED) is 0.848. The van der Waals surface area contributed by atoms with Gasteiger partial charge >= 0.3 is 0 Å². The summed E-state index contributed by atoms with van der Waals surface area (Å²) in [5, 5.41) is 2.61. The molecule has 1 aromatic heterocycles. The number of pyridine rings is 1. The Balaban J connectivity index is 2.33. The van der Waals surface area contributed by atoms with Crippen molar-refractivity contribution in [3.8, 4) is 0 Å². The molecule has 0 unspecified atom stereocenters. The lowest BCUT2D eigenvalue weighted by Gasteiger charge is -2.07. The Morgan fingerprint density at radius 2 is 1.65 bits per heavy atom. The number of nitrogens with zero attached hydrogens (tertiary/aromatic N) is 1. The number of halogens is 4. The molecule has 0 amide bonds. The molecule has 0 aliphatic heterocycles. The van der Waals surface area contributed by atoms with Crippen molar-refractivity contribution in [3.05, 3.63) is 52.5 Å². The van der Waals surface area contributed by atoms with Gasteiger partial charge in [-0.05, 0) is 22.0 Å². The number of aromatic nitrogens is 1. The van der Waals surface area contributed by atoms with Gasteiger partial charge in [0, 0.05) is 22.8 Å². The molecule has 0 saturated carbocycles. The molecule has 2 aromatic rings. The Morgan fingerprint density at radius 3 is 2.35 bits per heavy atom. The number of hydrogen-bond acceptors (Lipinski definition) is 2. The van der Waals surface area contributed by atoms with Crippen LogP contribution in [0.25, 0.3) is 0 Å². The Kier molecular flexibility index (Phi) is 3.33. The van der Waals surface area contributed by atoms with Gasteiger partial charge in [0.25, 0.3) is 0 Å². The van der Waals surface area contributed by atoms with E-state index in [1.165, 1.54) is 6.20 Å². The van der Waals surface area contributed by atoms with Gasteiger partial charge in [0.1, 0.15) is 5.82 Å². The van der Waals surface area contributed by atoms with Crippen LogP contribution >= 0.6 is 15.9 Å². The summed E-state index contributed by atoms with van der Waals surface area (Å²) in [7, 11) is 0. The van der Waals surface area contributed by atoms with E-state index in [1.807, 2.05) is 0 Å². The van der Waals surface area contributed by atoms with Crippen molar-refractivity contribution >= 4 is 27.3 Å². The van der Waals surface area contributed by atoms with Gasteiger partial charge in [0.15, 0.2) is 11.6 Å². The van der Waals surface area contributed by atoms with E-state index in [2.05, 4.69) is 26.2 Å². The molecule has 0 fully saturated rings. The van der Waals surface area contributed by atoms with E-state index in [9.17, 15) is 13.2 Å². The lowest BCUT2D eigenvalue weighted by molar-refractivity contribution is 0.496. The van der Waals surface area contributed by atoms with Gasteiger partial charge in [-0.15, -0.1) is 0 Å². The van der Waals surface area contributed by atoms with E-state index < -0.39 is 17.5 Å². The number of nitrogens with one attached hydrogen (secondary N) is 1. The number of benzene rings is 1. The summed E-state index contributed by atoms with van der Waals surface area (Å²) in [5.41, 5.74) is 0.313. The largest absolute Gasteiger partial charge is 0.352 e. The summed E-state index contributed by atoms with van der Waals surface area (Å²) in [5.74, 6) is -3.21. The molecule has 0 aliphatic carbocycles. The van der Waals surface area contributed by atoms with Gasteiger partial charge in [-0.2, -0.15) is 0 Å². The Hall–Kier alpha value is -1.56. The molecule has 0 bridgehead atoms. The van der Waals surface area contributed by atoms with Crippen LogP contribution in [0.2, 0.25) is 0 Å². The average molecular weight is 303 g/mol. The van der Waals surface area contributed by atoms with Crippen LogP contribution in [0.15, 0.2) is 35.1 Å². The van der Waals surface area contributed by atoms with E-state index in [4.69, 9.17) is 0 Å². The predicted octanol–water partition coefficient (Wildman–Crippen LogP) is 4.01. The fraction of sp³-hybridized carbons (Fsp3) is 0. The van der Waals surface area contributed by atoms with Crippen molar-refractivity contribution < 1.29 is 13.2 Å². The lowest BCUT2D eigenvalue weighted by Crippen LogP contribution is -1.97. The zero-order valence-corrected chi connectivity index (χ0v) is 9.93. The summed E-state index contributed by atoms with van der Waals surface area (Å²) in [4.78, 5) is 3.85. The highest BCUT2D eigenvalue weighted by molar-refractivity contribution is 9.10. The van der Waals surface area contributed by atoms with Crippen LogP contribution in [-0.4, -0.2) is 4.98 Å². The van der Waals surface area contributed by atoms with Crippen LogP contribution < -0.4 is 5.32 Å². The van der Waals surface area contributed by atoms with Gasteiger partial charge < -0.3 is 5.32 Å². The van der Waals surface area contributed by atoms with Crippen molar-refractivity contribution in [2.45, 2.75) is 0 Å². The molecule has 6 heteroatoms. The first kappa shape index (κ1) is 11.9. The topological polar surface area (TPSA) is 24.9 Å².